The summed E-state index contributed by atoms with van der Waals surface area (Å²) in [7, 11) is 0. The second-order valence-corrected chi connectivity index (χ2v) is 8.59. The lowest BCUT2D eigenvalue weighted by atomic mass is 9.96. The van der Waals surface area contributed by atoms with Crippen LogP contribution in [0.25, 0.3) is 10.2 Å². The number of hydrogen-bond donors (Lipinski definition) is 1. The van der Waals surface area contributed by atoms with Crippen LogP contribution in [0.5, 0.6) is 0 Å². The molecule has 4 rings (SSSR count). The Balaban J connectivity index is 1.45. The van der Waals surface area contributed by atoms with Gasteiger partial charge in [0.1, 0.15) is 17.0 Å². The van der Waals surface area contributed by atoms with E-state index in [4.69, 9.17) is 0 Å². The van der Waals surface area contributed by atoms with Crippen molar-refractivity contribution in [3.05, 3.63) is 52.7 Å². The SMILES string of the molecule is CCc1cc2c(N3CCCC(C(=O)NCc4ccc(C)cc4)C3)ncnc2s1. The van der Waals surface area contributed by atoms with Crippen LogP contribution in [-0.4, -0.2) is 29.0 Å². The van der Waals surface area contributed by atoms with Crippen LogP contribution < -0.4 is 10.2 Å². The molecular formula is C22H26N4OS. The lowest BCUT2D eigenvalue weighted by Crippen LogP contribution is -2.43. The topological polar surface area (TPSA) is 58.1 Å². The maximum atomic E-state index is 12.8. The minimum absolute atomic E-state index is 0.00602. The van der Waals surface area contributed by atoms with Gasteiger partial charge in [0.2, 0.25) is 5.91 Å². The fourth-order valence-electron chi connectivity index (χ4n) is 3.74. The molecule has 1 aliphatic rings. The number of fused-ring (bicyclic) bond motifs is 1. The Hall–Kier alpha value is -2.47. The largest absolute Gasteiger partial charge is 0.355 e. The van der Waals surface area contributed by atoms with Crippen molar-refractivity contribution in [3.8, 4) is 0 Å². The number of amides is 1. The van der Waals surface area contributed by atoms with E-state index in [1.165, 1.54) is 10.4 Å². The van der Waals surface area contributed by atoms with Crippen molar-refractivity contribution in [3.63, 3.8) is 0 Å². The molecule has 0 bridgehead atoms. The van der Waals surface area contributed by atoms with Crippen molar-refractivity contribution in [2.75, 3.05) is 18.0 Å². The number of anilines is 1. The first-order chi connectivity index (χ1) is 13.6. The number of piperidine rings is 1. The predicted molar refractivity (Wildman–Crippen MR) is 115 cm³/mol. The molecule has 1 amide bonds. The molecule has 0 spiro atoms. The number of aryl methyl sites for hydroxylation is 2. The number of carbonyl (C=O) groups excluding carboxylic acids is 1. The zero-order valence-corrected chi connectivity index (χ0v) is 17.3. The molecule has 0 saturated carbocycles. The Morgan fingerprint density at radius 3 is 2.89 bits per heavy atom. The van der Waals surface area contributed by atoms with Gasteiger partial charge in [-0.05, 0) is 37.8 Å². The lowest BCUT2D eigenvalue weighted by molar-refractivity contribution is -0.125. The molecule has 146 valence electrons. The summed E-state index contributed by atoms with van der Waals surface area (Å²) in [6, 6.07) is 10.5. The Labute approximate surface area is 169 Å². The average molecular weight is 395 g/mol. The second kappa shape index (κ2) is 8.27. The minimum atomic E-state index is -0.00602. The van der Waals surface area contributed by atoms with E-state index >= 15 is 0 Å². The number of carbonyl (C=O) groups is 1. The molecule has 1 aliphatic heterocycles. The number of aromatic nitrogens is 2. The summed E-state index contributed by atoms with van der Waals surface area (Å²) in [5.41, 5.74) is 2.36. The van der Waals surface area contributed by atoms with Crippen LogP contribution in [0.4, 0.5) is 5.82 Å². The van der Waals surface area contributed by atoms with Gasteiger partial charge in [-0.1, -0.05) is 36.8 Å². The smallest absolute Gasteiger partial charge is 0.225 e. The zero-order chi connectivity index (χ0) is 19.5. The van der Waals surface area contributed by atoms with Gasteiger partial charge in [0, 0.05) is 24.5 Å². The average Bonchev–Trinajstić information content (AvgIpc) is 3.16. The highest BCUT2D eigenvalue weighted by Gasteiger charge is 2.27. The van der Waals surface area contributed by atoms with Gasteiger partial charge in [0.05, 0.1) is 11.3 Å². The van der Waals surface area contributed by atoms with Crippen molar-refractivity contribution in [1.82, 2.24) is 15.3 Å². The van der Waals surface area contributed by atoms with Crippen LogP contribution >= 0.6 is 11.3 Å². The fourth-order valence-corrected chi connectivity index (χ4v) is 4.67. The van der Waals surface area contributed by atoms with Gasteiger partial charge in [0.25, 0.3) is 0 Å². The monoisotopic (exact) mass is 394 g/mol. The zero-order valence-electron chi connectivity index (χ0n) is 16.4. The van der Waals surface area contributed by atoms with Crippen molar-refractivity contribution < 1.29 is 4.79 Å². The van der Waals surface area contributed by atoms with Gasteiger partial charge >= 0.3 is 0 Å². The van der Waals surface area contributed by atoms with E-state index in [0.717, 1.165) is 47.4 Å². The summed E-state index contributed by atoms with van der Waals surface area (Å²) < 4.78 is 0. The van der Waals surface area contributed by atoms with Crippen molar-refractivity contribution >= 4 is 33.3 Å². The van der Waals surface area contributed by atoms with E-state index in [2.05, 4.69) is 64.4 Å². The molecule has 6 heteroatoms. The Morgan fingerprint density at radius 1 is 1.29 bits per heavy atom. The summed E-state index contributed by atoms with van der Waals surface area (Å²) in [6.07, 6.45) is 4.58. The number of rotatable bonds is 5. The molecule has 0 aliphatic carbocycles. The van der Waals surface area contributed by atoms with Crippen LogP contribution in [-0.2, 0) is 17.8 Å². The lowest BCUT2D eigenvalue weighted by Gasteiger charge is -2.33. The molecule has 1 saturated heterocycles. The van der Waals surface area contributed by atoms with Gasteiger partial charge < -0.3 is 10.2 Å². The summed E-state index contributed by atoms with van der Waals surface area (Å²) in [4.78, 5) is 26.4. The highest BCUT2D eigenvalue weighted by molar-refractivity contribution is 7.18. The maximum absolute atomic E-state index is 12.8. The van der Waals surface area contributed by atoms with Crippen molar-refractivity contribution in [1.29, 1.82) is 0 Å². The Morgan fingerprint density at radius 2 is 2.11 bits per heavy atom. The summed E-state index contributed by atoms with van der Waals surface area (Å²) in [5, 5.41) is 4.23. The normalized spacial score (nSPS) is 17.1. The van der Waals surface area contributed by atoms with Crippen molar-refractivity contribution in [2.24, 2.45) is 5.92 Å². The summed E-state index contributed by atoms with van der Waals surface area (Å²) in [6.45, 7) is 6.46. The van der Waals surface area contributed by atoms with E-state index in [1.54, 1.807) is 17.7 Å². The molecule has 3 heterocycles. The molecule has 1 N–H and O–H groups in total. The van der Waals surface area contributed by atoms with Gasteiger partial charge in [-0.25, -0.2) is 9.97 Å². The Kier molecular flexibility index (Phi) is 5.57. The van der Waals surface area contributed by atoms with Crippen LogP contribution in [0.3, 0.4) is 0 Å². The van der Waals surface area contributed by atoms with E-state index in [0.29, 0.717) is 13.1 Å². The molecule has 1 atom stereocenters. The van der Waals surface area contributed by atoms with E-state index in [-0.39, 0.29) is 11.8 Å². The predicted octanol–water partition coefficient (Wildman–Crippen LogP) is 4.09. The van der Waals surface area contributed by atoms with Gasteiger partial charge in [-0.15, -0.1) is 11.3 Å². The minimum Gasteiger partial charge on any atom is -0.355 e. The number of thiophene rings is 1. The fraction of sp³-hybridized carbons (Fsp3) is 0.409. The molecule has 1 aromatic carbocycles. The highest BCUT2D eigenvalue weighted by Crippen LogP contribution is 2.32. The summed E-state index contributed by atoms with van der Waals surface area (Å²) >= 11 is 1.73. The molecule has 5 nitrogen and oxygen atoms in total. The third-order valence-electron chi connectivity index (χ3n) is 5.39. The number of nitrogens with one attached hydrogen (secondary N) is 1. The third-order valence-corrected chi connectivity index (χ3v) is 6.57. The first-order valence-electron chi connectivity index (χ1n) is 9.95. The second-order valence-electron chi connectivity index (χ2n) is 7.47. The van der Waals surface area contributed by atoms with Crippen molar-refractivity contribution in [2.45, 2.75) is 39.7 Å². The first kappa shape index (κ1) is 18.9. The van der Waals surface area contributed by atoms with Gasteiger partial charge in [-0.2, -0.15) is 0 Å². The van der Waals surface area contributed by atoms with Gasteiger partial charge in [0.15, 0.2) is 0 Å². The van der Waals surface area contributed by atoms with Crippen LogP contribution in [0.2, 0.25) is 0 Å². The van der Waals surface area contributed by atoms with Crippen LogP contribution in [0.1, 0.15) is 35.8 Å². The quantitative estimate of drug-likeness (QED) is 0.708. The van der Waals surface area contributed by atoms with Crippen LogP contribution in [0.15, 0.2) is 36.7 Å². The van der Waals surface area contributed by atoms with E-state index < -0.39 is 0 Å². The number of benzene rings is 1. The van der Waals surface area contributed by atoms with E-state index in [1.807, 2.05) is 0 Å². The molecule has 1 unspecified atom stereocenters. The van der Waals surface area contributed by atoms with E-state index in [9.17, 15) is 4.79 Å². The molecule has 0 radical (unpaired) electrons. The van der Waals surface area contributed by atoms with Gasteiger partial charge in [-0.3, -0.25) is 4.79 Å². The molecule has 28 heavy (non-hydrogen) atoms. The number of nitrogens with zero attached hydrogens (tertiary/aromatic N) is 3. The molecule has 2 aromatic heterocycles. The first-order valence-corrected chi connectivity index (χ1v) is 10.8. The number of hydrogen-bond acceptors (Lipinski definition) is 5. The highest BCUT2D eigenvalue weighted by atomic mass is 32.1. The van der Waals surface area contributed by atoms with Crippen LogP contribution in [0, 0.1) is 12.8 Å². The standard InChI is InChI=1S/C22H26N4OS/c1-3-18-11-19-20(24-14-25-22(19)28-18)26-10-4-5-17(13-26)21(27)23-12-16-8-6-15(2)7-9-16/h6-9,11,14,17H,3-5,10,12-13H2,1-2H3,(H,23,27). The third kappa shape index (κ3) is 4.02. The molecular weight excluding hydrogens is 368 g/mol. The Bertz CT molecular complexity index is 966. The summed E-state index contributed by atoms with van der Waals surface area (Å²) in [5.74, 6) is 1.10. The molecule has 1 fully saturated rings. The molecule has 3 aromatic rings. The maximum Gasteiger partial charge on any atom is 0.225 e.